The molecule has 9 nitrogen and oxygen atoms in total. The van der Waals surface area contributed by atoms with Gasteiger partial charge in [0.2, 0.25) is 10.0 Å². The van der Waals surface area contributed by atoms with Crippen LogP contribution in [0.1, 0.15) is 12.8 Å². The molecule has 1 aromatic heterocycles. The second-order valence-electron chi connectivity index (χ2n) is 9.52. The highest BCUT2D eigenvalue weighted by Gasteiger charge is 2.19. The Bertz CT molecular complexity index is 1530. The number of rotatable bonds is 6. The predicted molar refractivity (Wildman–Crippen MR) is 148 cm³/mol. The van der Waals surface area contributed by atoms with Crippen molar-refractivity contribution in [3.05, 3.63) is 73.1 Å². The average molecular weight is 519 g/mol. The minimum atomic E-state index is -3.38. The van der Waals surface area contributed by atoms with Crippen molar-refractivity contribution >= 4 is 38.5 Å². The molecule has 0 bridgehead atoms. The number of urea groups is 1. The molecule has 0 radical (unpaired) electrons. The number of carbonyl (C=O) groups is 1. The zero-order valence-corrected chi connectivity index (χ0v) is 21.6. The van der Waals surface area contributed by atoms with E-state index in [-0.39, 0.29) is 12.1 Å². The van der Waals surface area contributed by atoms with Crippen LogP contribution in [0.25, 0.3) is 27.8 Å². The summed E-state index contributed by atoms with van der Waals surface area (Å²) < 4.78 is 27.7. The van der Waals surface area contributed by atoms with E-state index < -0.39 is 10.0 Å². The summed E-state index contributed by atoms with van der Waals surface area (Å²) in [6, 6.07) is 20.9. The van der Waals surface area contributed by atoms with Crippen LogP contribution in [-0.2, 0) is 10.0 Å². The second-order valence-corrected chi connectivity index (χ2v) is 11.3. The molecule has 2 amide bonds. The summed E-state index contributed by atoms with van der Waals surface area (Å²) in [4.78, 5) is 19.2. The van der Waals surface area contributed by atoms with E-state index >= 15 is 0 Å². The minimum Gasteiger partial charge on any atom is -0.334 e. The zero-order chi connectivity index (χ0) is 26.0. The van der Waals surface area contributed by atoms with E-state index in [1.807, 2.05) is 53.1 Å². The van der Waals surface area contributed by atoms with Crippen LogP contribution >= 0.6 is 0 Å². The number of hydrogen-bond acceptors (Lipinski definition) is 5. The largest absolute Gasteiger partial charge is 0.334 e. The molecule has 10 heteroatoms. The van der Waals surface area contributed by atoms with E-state index in [2.05, 4.69) is 32.3 Å². The summed E-state index contributed by atoms with van der Waals surface area (Å²) in [6.45, 7) is 1.94. The molecule has 0 spiro atoms. The summed E-state index contributed by atoms with van der Waals surface area (Å²) in [6.07, 6.45) is 4.93. The smallest absolute Gasteiger partial charge is 0.319 e. The van der Waals surface area contributed by atoms with Crippen LogP contribution in [0.4, 0.5) is 16.2 Å². The highest BCUT2D eigenvalue weighted by Crippen LogP contribution is 2.27. The normalized spacial score (nSPS) is 16.4. The fourth-order valence-corrected chi connectivity index (χ4v) is 5.26. The number of anilines is 2. The number of imidazole rings is 1. The standard InChI is InChI=1S/C27H30N6O3S/c1-32-14-4-6-23(17-32)30-27(34)29-21-11-8-19(9-12-21)20-10-13-25-26(15-20)33(18-28-25)24-7-3-5-22(16-24)31-37(2,35)36/h3,5,7-13,15-16,18,23,31H,4,6,14,17H2,1-2H3,(H2,29,30,34). The third-order valence-corrected chi connectivity index (χ3v) is 7.02. The van der Waals surface area contributed by atoms with E-state index in [9.17, 15) is 13.2 Å². The molecule has 1 aliphatic rings. The van der Waals surface area contributed by atoms with Crippen LogP contribution < -0.4 is 15.4 Å². The van der Waals surface area contributed by atoms with Crippen LogP contribution in [-0.4, -0.2) is 61.3 Å². The van der Waals surface area contributed by atoms with Crippen LogP contribution in [0.3, 0.4) is 0 Å². The molecule has 0 saturated carbocycles. The molecule has 4 aromatic rings. The number of likely N-dealkylation sites (tertiary alicyclic amines) is 1. The van der Waals surface area contributed by atoms with Crippen LogP contribution in [0.5, 0.6) is 0 Å². The fourth-order valence-electron chi connectivity index (χ4n) is 4.71. The summed E-state index contributed by atoms with van der Waals surface area (Å²) >= 11 is 0. The molecule has 0 aliphatic carbocycles. The highest BCUT2D eigenvalue weighted by molar-refractivity contribution is 7.92. The van der Waals surface area contributed by atoms with Crippen molar-refractivity contribution in [2.75, 3.05) is 36.4 Å². The quantitative estimate of drug-likeness (QED) is 0.353. The molecule has 192 valence electrons. The van der Waals surface area contributed by atoms with Gasteiger partial charge < -0.3 is 15.5 Å². The Morgan fingerprint density at radius 2 is 1.78 bits per heavy atom. The maximum absolute atomic E-state index is 12.4. The first-order chi connectivity index (χ1) is 17.7. The van der Waals surface area contributed by atoms with Crippen molar-refractivity contribution < 1.29 is 13.2 Å². The van der Waals surface area contributed by atoms with Crippen molar-refractivity contribution in [1.29, 1.82) is 0 Å². The molecular formula is C27H30N6O3S. The molecule has 1 saturated heterocycles. The van der Waals surface area contributed by atoms with Gasteiger partial charge in [0.25, 0.3) is 0 Å². The zero-order valence-electron chi connectivity index (χ0n) is 20.8. The van der Waals surface area contributed by atoms with Crippen molar-refractivity contribution in [3.8, 4) is 16.8 Å². The summed E-state index contributed by atoms with van der Waals surface area (Å²) in [5, 5.41) is 5.99. The topological polar surface area (TPSA) is 108 Å². The van der Waals surface area contributed by atoms with Gasteiger partial charge in [0.15, 0.2) is 0 Å². The van der Waals surface area contributed by atoms with Gasteiger partial charge in [-0.05, 0) is 80.0 Å². The summed E-state index contributed by atoms with van der Waals surface area (Å²) in [5.74, 6) is 0. The first kappa shape index (κ1) is 24.8. The number of hydrogen-bond donors (Lipinski definition) is 3. The molecule has 37 heavy (non-hydrogen) atoms. The number of likely N-dealkylation sites (N-methyl/N-ethyl adjacent to an activating group) is 1. The van der Waals surface area contributed by atoms with Crippen LogP contribution in [0, 0.1) is 0 Å². The maximum atomic E-state index is 12.4. The van der Waals surface area contributed by atoms with Gasteiger partial charge in [-0.3, -0.25) is 9.29 Å². The summed E-state index contributed by atoms with van der Waals surface area (Å²) in [5.41, 5.74) is 5.74. The molecule has 3 aromatic carbocycles. The number of piperidine rings is 1. The Balaban J connectivity index is 1.33. The predicted octanol–water partition coefficient (Wildman–Crippen LogP) is 4.28. The lowest BCUT2D eigenvalue weighted by molar-refractivity contribution is 0.216. The Labute approximate surface area is 216 Å². The number of sulfonamides is 1. The lowest BCUT2D eigenvalue weighted by Gasteiger charge is -2.30. The Morgan fingerprint density at radius 3 is 2.54 bits per heavy atom. The van der Waals surface area contributed by atoms with E-state index in [0.717, 1.165) is 65.7 Å². The van der Waals surface area contributed by atoms with Crippen molar-refractivity contribution in [2.45, 2.75) is 18.9 Å². The van der Waals surface area contributed by atoms with Gasteiger partial charge in [0.1, 0.15) is 6.33 Å². The number of fused-ring (bicyclic) bond motifs is 1. The Morgan fingerprint density at radius 1 is 1.00 bits per heavy atom. The van der Waals surface area contributed by atoms with Crippen LogP contribution in [0.2, 0.25) is 0 Å². The number of nitrogens with zero attached hydrogens (tertiary/aromatic N) is 3. The fraction of sp³-hybridized carbons (Fsp3) is 0.259. The molecule has 1 unspecified atom stereocenters. The molecule has 2 heterocycles. The number of amides is 2. The molecular weight excluding hydrogens is 488 g/mol. The number of carbonyl (C=O) groups excluding carboxylic acids is 1. The Kier molecular flexibility index (Phi) is 6.86. The van der Waals surface area contributed by atoms with E-state index in [1.165, 1.54) is 0 Å². The van der Waals surface area contributed by atoms with Crippen molar-refractivity contribution in [3.63, 3.8) is 0 Å². The molecule has 3 N–H and O–H groups in total. The lowest BCUT2D eigenvalue weighted by Crippen LogP contribution is -2.47. The van der Waals surface area contributed by atoms with Gasteiger partial charge in [-0.25, -0.2) is 18.2 Å². The van der Waals surface area contributed by atoms with Gasteiger partial charge in [-0.1, -0.05) is 24.3 Å². The monoisotopic (exact) mass is 518 g/mol. The summed E-state index contributed by atoms with van der Waals surface area (Å²) in [7, 11) is -1.30. The Hall–Kier alpha value is -3.89. The number of nitrogens with one attached hydrogen (secondary N) is 3. The third kappa shape index (κ3) is 6.10. The minimum absolute atomic E-state index is 0.164. The van der Waals surface area contributed by atoms with Gasteiger partial charge in [-0.2, -0.15) is 0 Å². The highest BCUT2D eigenvalue weighted by atomic mass is 32.2. The van der Waals surface area contributed by atoms with Gasteiger partial charge in [0.05, 0.1) is 23.0 Å². The van der Waals surface area contributed by atoms with Crippen LogP contribution in [0.15, 0.2) is 73.1 Å². The van der Waals surface area contributed by atoms with E-state index in [4.69, 9.17) is 0 Å². The second kappa shape index (κ2) is 10.2. The lowest BCUT2D eigenvalue weighted by atomic mass is 10.0. The number of benzene rings is 3. The van der Waals surface area contributed by atoms with Crippen molar-refractivity contribution in [1.82, 2.24) is 19.8 Å². The SMILES string of the molecule is CN1CCCC(NC(=O)Nc2ccc(-c3ccc4ncn(-c5cccc(NS(C)(=O)=O)c5)c4c3)cc2)C1. The third-order valence-electron chi connectivity index (χ3n) is 6.41. The van der Waals surface area contributed by atoms with Gasteiger partial charge in [0, 0.05) is 24.0 Å². The average Bonchev–Trinajstić information content (AvgIpc) is 3.27. The first-order valence-corrected chi connectivity index (χ1v) is 14.0. The number of aromatic nitrogens is 2. The van der Waals surface area contributed by atoms with E-state index in [0.29, 0.717) is 5.69 Å². The molecule has 5 rings (SSSR count). The maximum Gasteiger partial charge on any atom is 0.319 e. The molecule has 1 fully saturated rings. The van der Waals surface area contributed by atoms with E-state index in [1.54, 1.807) is 24.5 Å². The molecule has 1 atom stereocenters. The van der Waals surface area contributed by atoms with Crippen molar-refractivity contribution in [2.24, 2.45) is 0 Å². The van der Waals surface area contributed by atoms with Gasteiger partial charge >= 0.3 is 6.03 Å². The first-order valence-electron chi connectivity index (χ1n) is 12.2. The molecule has 1 aliphatic heterocycles. The van der Waals surface area contributed by atoms with Gasteiger partial charge in [-0.15, -0.1) is 0 Å².